The first-order valence-corrected chi connectivity index (χ1v) is 8.00. The number of nitrogens with one attached hydrogen (secondary N) is 1. The van der Waals surface area contributed by atoms with Crippen molar-refractivity contribution in [3.05, 3.63) is 22.4 Å². The van der Waals surface area contributed by atoms with Crippen LogP contribution in [0.4, 0.5) is 0 Å². The molecule has 5 heteroatoms. The van der Waals surface area contributed by atoms with Crippen molar-refractivity contribution in [1.29, 1.82) is 0 Å². The molecule has 1 atom stereocenters. The maximum atomic E-state index is 12.3. The van der Waals surface area contributed by atoms with Crippen LogP contribution in [0.3, 0.4) is 0 Å². The average molecular weight is 295 g/mol. The van der Waals surface area contributed by atoms with Gasteiger partial charge in [0, 0.05) is 6.04 Å². The normalized spacial score (nSPS) is 17.1. The lowest BCUT2D eigenvalue weighted by atomic mass is 10.1. The van der Waals surface area contributed by atoms with E-state index in [-0.39, 0.29) is 17.9 Å². The first kappa shape index (κ1) is 15.0. The SMILES string of the molecule is CC(C)[C@H](OC(=O)c1cccs1)C(=O)NC1CCCC1. The van der Waals surface area contributed by atoms with E-state index >= 15 is 0 Å². The van der Waals surface area contributed by atoms with Gasteiger partial charge in [0.1, 0.15) is 4.88 Å². The molecule has 0 bridgehead atoms. The topological polar surface area (TPSA) is 55.4 Å². The first-order chi connectivity index (χ1) is 9.58. The molecule has 2 rings (SSSR count). The van der Waals surface area contributed by atoms with E-state index in [1.807, 2.05) is 19.2 Å². The number of hydrogen-bond acceptors (Lipinski definition) is 4. The molecule has 0 aromatic carbocycles. The van der Waals surface area contributed by atoms with E-state index in [4.69, 9.17) is 4.74 Å². The number of amides is 1. The number of carbonyl (C=O) groups excluding carboxylic acids is 2. The van der Waals surface area contributed by atoms with Gasteiger partial charge in [-0.05, 0) is 30.2 Å². The van der Waals surface area contributed by atoms with E-state index in [9.17, 15) is 9.59 Å². The fourth-order valence-electron chi connectivity index (χ4n) is 2.41. The van der Waals surface area contributed by atoms with E-state index in [0.29, 0.717) is 4.88 Å². The number of hydrogen-bond donors (Lipinski definition) is 1. The van der Waals surface area contributed by atoms with Gasteiger partial charge in [-0.15, -0.1) is 11.3 Å². The van der Waals surface area contributed by atoms with Gasteiger partial charge in [-0.25, -0.2) is 4.79 Å². The Balaban J connectivity index is 1.95. The minimum Gasteiger partial charge on any atom is -0.448 e. The van der Waals surface area contributed by atoms with Gasteiger partial charge in [-0.1, -0.05) is 32.8 Å². The molecule has 1 aromatic heterocycles. The lowest BCUT2D eigenvalue weighted by Gasteiger charge is -2.22. The van der Waals surface area contributed by atoms with Crippen LogP contribution in [-0.2, 0) is 9.53 Å². The number of ether oxygens (including phenoxy) is 1. The van der Waals surface area contributed by atoms with E-state index in [1.165, 1.54) is 11.3 Å². The highest BCUT2D eigenvalue weighted by atomic mass is 32.1. The van der Waals surface area contributed by atoms with Crippen molar-refractivity contribution in [2.24, 2.45) is 5.92 Å². The molecular weight excluding hydrogens is 274 g/mol. The fourth-order valence-corrected chi connectivity index (χ4v) is 3.02. The standard InChI is InChI=1S/C15H21NO3S/c1-10(2)13(14(17)16-11-6-3-4-7-11)19-15(18)12-8-5-9-20-12/h5,8-11,13H,3-4,6-7H2,1-2H3,(H,16,17)/t13-/m0/s1. The van der Waals surface area contributed by atoms with Crippen LogP contribution in [-0.4, -0.2) is 24.0 Å². The van der Waals surface area contributed by atoms with Crippen molar-refractivity contribution < 1.29 is 14.3 Å². The summed E-state index contributed by atoms with van der Waals surface area (Å²) in [5.74, 6) is -0.627. The molecule has 1 aliphatic carbocycles. The summed E-state index contributed by atoms with van der Waals surface area (Å²) in [6.07, 6.45) is 3.65. The molecule has 0 radical (unpaired) electrons. The Kier molecular flexibility index (Phi) is 5.17. The first-order valence-electron chi connectivity index (χ1n) is 7.13. The number of thiophene rings is 1. The van der Waals surface area contributed by atoms with Gasteiger partial charge in [-0.2, -0.15) is 0 Å². The van der Waals surface area contributed by atoms with Gasteiger partial charge in [0.2, 0.25) is 0 Å². The van der Waals surface area contributed by atoms with Crippen molar-refractivity contribution in [3.8, 4) is 0 Å². The van der Waals surface area contributed by atoms with Crippen LogP contribution < -0.4 is 5.32 Å². The summed E-state index contributed by atoms with van der Waals surface area (Å²) < 4.78 is 5.39. The predicted molar refractivity (Wildman–Crippen MR) is 78.8 cm³/mol. The van der Waals surface area contributed by atoms with E-state index < -0.39 is 12.1 Å². The van der Waals surface area contributed by atoms with Gasteiger partial charge in [-0.3, -0.25) is 4.79 Å². The molecule has 1 heterocycles. The predicted octanol–water partition coefficient (Wildman–Crippen LogP) is 2.99. The van der Waals surface area contributed by atoms with Gasteiger partial charge in [0.15, 0.2) is 6.10 Å². The van der Waals surface area contributed by atoms with Crippen LogP contribution in [0.15, 0.2) is 17.5 Å². The molecule has 4 nitrogen and oxygen atoms in total. The Morgan fingerprint density at radius 1 is 1.35 bits per heavy atom. The van der Waals surface area contributed by atoms with Gasteiger partial charge in [0.25, 0.3) is 5.91 Å². The average Bonchev–Trinajstić information content (AvgIpc) is 3.07. The lowest BCUT2D eigenvalue weighted by Crippen LogP contribution is -2.44. The van der Waals surface area contributed by atoms with E-state index in [1.54, 1.807) is 12.1 Å². The molecular formula is C15H21NO3S. The molecule has 0 spiro atoms. The second-order valence-electron chi connectivity index (χ2n) is 5.54. The van der Waals surface area contributed by atoms with Crippen LogP contribution in [0.25, 0.3) is 0 Å². The zero-order valence-electron chi connectivity index (χ0n) is 11.9. The number of esters is 1. The Labute approximate surface area is 123 Å². The summed E-state index contributed by atoms with van der Waals surface area (Å²) in [4.78, 5) is 24.8. The lowest BCUT2D eigenvalue weighted by molar-refractivity contribution is -0.132. The highest BCUT2D eigenvalue weighted by Crippen LogP contribution is 2.19. The third kappa shape index (κ3) is 3.82. The zero-order valence-corrected chi connectivity index (χ0v) is 12.7. The quantitative estimate of drug-likeness (QED) is 0.850. The maximum absolute atomic E-state index is 12.3. The summed E-state index contributed by atoms with van der Waals surface area (Å²) in [5, 5.41) is 4.82. The smallest absolute Gasteiger partial charge is 0.349 e. The van der Waals surface area contributed by atoms with Crippen molar-refractivity contribution in [2.75, 3.05) is 0 Å². The van der Waals surface area contributed by atoms with Crippen molar-refractivity contribution in [2.45, 2.75) is 51.7 Å². The van der Waals surface area contributed by atoms with E-state index in [0.717, 1.165) is 25.7 Å². The van der Waals surface area contributed by atoms with Crippen molar-refractivity contribution >= 4 is 23.2 Å². The summed E-state index contributed by atoms with van der Waals surface area (Å²) in [7, 11) is 0. The molecule has 20 heavy (non-hydrogen) atoms. The third-order valence-corrected chi connectivity index (χ3v) is 4.37. The zero-order chi connectivity index (χ0) is 14.5. The Bertz CT molecular complexity index is 450. The number of rotatable bonds is 5. The molecule has 1 fully saturated rings. The van der Waals surface area contributed by atoms with Crippen LogP contribution in [0.1, 0.15) is 49.2 Å². The summed E-state index contributed by atoms with van der Waals surface area (Å²) in [5.41, 5.74) is 0. The van der Waals surface area contributed by atoms with Crippen molar-refractivity contribution in [1.82, 2.24) is 5.32 Å². The van der Waals surface area contributed by atoms with Crippen LogP contribution in [0, 0.1) is 5.92 Å². The molecule has 0 unspecified atom stereocenters. The van der Waals surface area contributed by atoms with Gasteiger partial charge < -0.3 is 10.1 Å². The molecule has 110 valence electrons. The molecule has 1 N–H and O–H groups in total. The minimum atomic E-state index is -0.717. The summed E-state index contributed by atoms with van der Waals surface area (Å²) in [6.45, 7) is 3.78. The van der Waals surface area contributed by atoms with Gasteiger partial charge in [0.05, 0.1) is 0 Å². The Morgan fingerprint density at radius 2 is 2.05 bits per heavy atom. The molecule has 0 aliphatic heterocycles. The van der Waals surface area contributed by atoms with Crippen molar-refractivity contribution in [3.63, 3.8) is 0 Å². The maximum Gasteiger partial charge on any atom is 0.349 e. The largest absolute Gasteiger partial charge is 0.448 e. The molecule has 1 aliphatic rings. The Morgan fingerprint density at radius 3 is 2.60 bits per heavy atom. The summed E-state index contributed by atoms with van der Waals surface area (Å²) in [6, 6.07) is 3.74. The molecule has 1 aromatic rings. The third-order valence-electron chi connectivity index (χ3n) is 3.52. The van der Waals surface area contributed by atoms with Crippen LogP contribution in [0.5, 0.6) is 0 Å². The van der Waals surface area contributed by atoms with Crippen LogP contribution >= 0.6 is 11.3 Å². The molecule has 1 saturated carbocycles. The highest BCUT2D eigenvalue weighted by molar-refractivity contribution is 7.11. The Hall–Kier alpha value is -1.36. The second kappa shape index (κ2) is 6.88. The molecule has 1 amide bonds. The summed E-state index contributed by atoms with van der Waals surface area (Å²) >= 11 is 1.32. The second-order valence-corrected chi connectivity index (χ2v) is 6.48. The highest BCUT2D eigenvalue weighted by Gasteiger charge is 2.29. The minimum absolute atomic E-state index is 0.0414. The fraction of sp³-hybridized carbons (Fsp3) is 0.600. The number of carbonyl (C=O) groups is 2. The monoisotopic (exact) mass is 295 g/mol. The van der Waals surface area contributed by atoms with Gasteiger partial charge >= 0.3 is 5.97 Å². The van der Waals surface area contributed by atoms with Crippen LogP contribution in [0.2, 0.25) is 0 Å². The van der Waals surface area contributed by atoms with E-state index in [2.05, 4.69) is 5.32 Å². The molecule has 0 saturated heterocycles.